The largest absolute Gasteiger partial charge is 0.380 e. The van der Waals surface area contributed by atoms with Crippen LogP contribution in [0.5, 0.6) is 0 Å². The van der Waals surface area contributed by atoms with Crippen LogP contribution in [0.3, 0.4) is 0 Å². The summed E-state index contributed by atoms with van der Waals surface area (Å²) in [4.78, 5) is 0. The molecule has 2 atom stereocenters. The third kappa shape index (κ3) is 2.09. The zero-order valence-electron chi connectivity index (χ0n) is 10.7. The van der Waals surface area contributed by atoms with E-state index in [-0.39, 0.29) is 0 Å². The molecule has 3 rings (SSSR count). The minimum atomic E-state index is 0.323. The third-order valence-corrected chi connectivity index (χ3v) is 4.62. The van der Waals surface area contributed by atoms with Gasteiger partial charge in [-0.25, -0.2) is 0 Å². The summed E-state index contributed by atoms with van der Waals surface area (Å²) in [5.41, 5.74) is 1.86. The van der Waals surface area contributed by atoms with Gasteiger partial charge in [0, 0.05) is 5.41 Å². The first-order valence-corrected chi connectivity index (χ1v) is 6.89. The molecule has 17 heavy (non-hydrogen) atoms. The number of ether oxygens (including phenoxy) is 2. The molecular formula is C15H22O2. The Balaban J connectivity index is 1.59. The zero-order chi connectivity index (χ0) is 11.7. The van der Waals surface area contributed by atoms with Crippen molar-refractivity contribution in [3.8, 4) is 0 Å². The molecule has 1 aliphatic heterocycles. The molecule has 2 unspecified atom stereocenters. The van der Waals surface area contributed by atoms with Crippen LogP contribution in [0.4, 0.5) is 0 Å². The van der Waals surface area contributed by atoms with Crippen molar-refractivity contribution < 1.29 is 9.47 Å². The standard InChI is InChI=1S/C15H22O2/c1-2-15(9-16-10-15)11-17-14-8-7-12-5-3-4-6-13(12)14/h3-4,6,12,14H,2,5,7-11H2,1H3. The highest BCUT2D eigenvalue weighted by atomic mass is 16.5. The molecular weight excluding hydrogens is 212 g/mol. The lowest BCUT2D eigenvalue weighted by Gasteiger charge is -2.41. The van der Waals surface area contributed by atoms with Crippen molar-refractivity contribution in [3.05, 3.63) is 23.8 Å². The molecule has 3 aliphatic rings. The summed E-state index contributed by atoms with van der Waals surface area (Å²) in [5.74, 6) is 0.764. The minimum absolute atomic E-state index is 0.323. The van der Waals surface area contributed by atoms with Gasteiger partial charge in [0.1, 0.15) is 0 Å². The van der Waals surface area contributed by atoms with Crippen LogP contribution in [0.1, 0.15) is 32.6 Å². The molecule has 0 aromatic rings. The van der Waals surface area contributed by atoms with Crippen LogP contribution < -0.4 is 0 Å². The average molecular weight is 234 g/mol. The number of rotatable bonds is 4. The molecule has 1 saturated heterocycles. The lowest BCUT2D eigenvalue weighted by molar-refractivity contribution is -0.156. The van der Waals surface area contributed by atoms with Crippen LogP contribution >= 0.6 is 0 Å². The fourth-order valence-electron chi connectivity index (χ4n) is 3.11. The molecule has 94 valence electrons. The molecule has 2 aliphatic carbocycles. The zero-order valence-corrected chi connectivity index (χ0v) is 10.7. The van der Waals surface area contributed by atoms with E-state index in [9.17, 15) is 0 Å². The maximum absolute atomic E-state index is 6.19. The lowest BCUT2D eigenvalue weighted by Crippen LogP contribution is -2.46. The monoisotopic (exact) mass is 234 g/mol. The van der Waals surface area contributed by atoms with Gasteiger partial charge >= 0.3 is 0 Å². The first kappa shape index (κ1) is 11.5. The van der Waals surface area contributed by atoms with Gasteiger partial charge in [0.15, 0.2) is 0 Å². The Bertz CT molecular complexity index is 333. The SMILES string of the molecule is CCC1(COC2CCC3CC=CC=C32)COC1. The van der Waals surface area contributed by atoms with E-state index in [1.165, 1.54) is 25.7 Å². The Morgan fingerprint density at radius 1 is 1.41 bits per heavy atom. The summed E-state index contributed by atoms with van der Waals surface area (Å²) in [6.45, 7) is 4.89. The Hall–Kier alpha value is -0.600. The van der Waals surface area contributed by atoms with Crippen molar-refractivity contribution in [1.82, 2.24) is 0 Å². The van der Waals surface area contributed by atoms with Crippen molar-refractivity contribution in [2.24, 2.45) is 11.3 Å². The van der Waals surface area contributed by atoms with Gasteiger partial charge in [-0.15, -0.1) is 0 Å². The van der Waals surface area contributed by atoms with Gasteiger partial charge in [-0.3, -0.25) is 0 Å². The van der Waals surface area contributed by atoms with Crippen LogP contribution in [-0.2, 0) is 9.47 Å². The van der Waals surface area contributed by atoms with E-state index < -0.39 is 0 Å². The highest BCUT2D eigenvalue weighted by Crippen LogP contribution is 2.40. The molecule has 0 bridgehead atoms. The molecule has 0 N–H and O–H groups in total. The fourth-order valence-corrected chi connectivity index (χ4v) is 3.11. The van der Waals surface area contributed by atoms with E-state index in [0.29, 0.717) is 11.5 Å². The van der Waals surface area contributed by atoms with E-state index in [0.717, 1.165) is 25.7 Å². The topological polar surface area (TPSA) is 18.5 Å². The van der Waals surface area contributed by atoms with Gasteiger partial charge < -0.3 is 9.47 Å². The number of hydrogen-bond acceptors (Lipinski definition) is 2. The van der Waals surface area contributed by atoms with Gasteiger partial charge in [-0.1, -0.05) is 25.2 Å². The number of hydrogen-bond donors (Lipinski definition) is 0. The van der Waals surface area contributed by atoms with Crippen LogP contribution in [0.15, 0.2) is 23.8 Å². The van der Waals surface area contributed by atoms with E-state index in [1.54, 1.807) is 5.57 Å². The second-order valence-electron chi connectivity index (χ2n) is 5.75. The highest BCUT2D eigenvalue weighted by molar-refractivity contribution is 5.27. The van der Waals surface area contributed by atoms with Crippen molar-refractivity contribution in [1.29, 1.82) is 0 Å². The van der Waals surface area contributed by atoms with Crippen molar-refractivity contribution in [2.45, 2.75) is 38.7 Å². The molecule has 0 amide bonds. The van der Waals surface area contributed by atoms with E-state index in [1.807, 2.05) is 0 Å². The van der Waals surface area contributed by atoms with E-state index >= 15 is 0 Å². The Morgan fingerprint density at radius 2 is 2.29 bits per heavy atom. The Labute approximate surface area is 104 Å². The smallest absolute Gasteiger partial charge is 0.0791 e. The van der Waals surface area contributed by atoms with Gasteiger partial charge in [0.05, 0.1) is 25.9 Å². The Morgan fingerprint density at radius 3 is 3.00 bits per heavy atom. The summed E-state index contributed by atoms with van der Waals surface area (Å²) in [6, 6.07) is 0. The van der Waals surface area contributed by atoms with Crippen molar-refractivity contribution in [2.75, 3.05) is 19.8 Å². The van der Waals surface area contributed by atoms with Crippen molar-refractivity contribution in [3.63, 3.8) is 0 Å². The van der Waals surface area contributed by atoms with Gasteiger partial charge in [0.25, 0.3) is 0 Å². The first-order valence-electron chi connectivity index (χ1n) is 6.89. The molecule has 1 saturated carbocycles. The Kier molecular flexibility index (Phi) is 3.10. The number of allylic oxidation sites excluding steroid dienone is 3. The molecule has 2 nitrogen and oxygen atoms in total. The molecule has 2 heteroatoms. The summed E-state index contributed by atoms with van der Waals surface area (Å²) in [5, 5.41) is 0. The maximum atomic E-state index is 6.19. The van der Waals surface area contributed by atoms with Gasteiger partial charge in [0.2, 0.25) is 0 Å². The quantitative estimate of drug-likeness (QED) is 0.744. The van der Waals surface area contributed by atoms with Crippen LogP contribution in [0.25, 0.3) is 0 Å². The van der Waals surface area contributed by atoms with E-state index in [4.69, 9.17) is 9.47 Å². The summed E-state index contributed by atoms with van der Waals surface area (Å²) >= 11 is 0. The second kappa shape index (κ2) is 4.58. The predicted octanol–water partition coefficient (Wildman–Crippen LogP) is 3.09. The average Bonchev–Trinajstić information content (AvgIpc) is 2.72. The van der Waals surface area contributed by atoms with Crippen molar-refractivity contribution >= 4 is 0 Å². The molecule has 0 aromatic carbocycles. The van der Waals surface area contributed by atoms with Gasteiger partial charge in [-0.2, -0.15) is 0 Å². The molecule has 0 radical (unpaired) electrons. The minimum Gasteiger partial charge on any atom is -0.380 e. The summed E-state index contributed by atoms with van der Waals surface area (Å²) in [7, 11) is 0. The third-order valence-electron chi connectivity index (χ3n) is 4.62. The first-order chi connectivity index (χ1) is 8.33. The predicted molar refractivity (Wildman–Crippen MR) is 67.8 cm³/mol. The van der Waals surface area contributed by atoms with Crippen LogP contribution in [-0.4, -0.2) is 25.9 Å². The molecule has 0 spiro atoms. The van der Waals surface area contributed by atoms with Gasteiger partial charge in [-0.05, 0) is 37.2 Å². The van der Waals surface area contributed by atoms with Crippen LogP contribution in [0, 0.1) is 11.3 Å². The maximum Gasteiger partial charge on any atom is 0.0791 e. The fraction of sp³-hybridized carbons (Fsp3) is 0.733. The molecule has 0 aromatic heterocycles. The van der Waals surface area contributed by atoms with E-state index in [2.05, 4.69) is 25.2 Å². The normalized spacial score (nSPS) is 34.1. The van der Waals surface area contributed by atoms with Crippen LogP contribution in [0.2, 0.25) is 0 Å². The second-order valence-corrected chi connectivity index (χ2v) is 5.75. The molecule has 2 fully saturated rings. The number of fused-ring (bicyclic) bond motifs is 1. The summed E-state index contributed by atoms with van der Waals surface area (Å²) in [6.07, 6.45) is 12.0. The highest BCUT2D eigenvalue weighted by Gasteiger charge is 2.39. The summed E-state index contributed by atoms with van der Waals surface area (Å²) < 4.78 is 11.5. The lowest BCUT2D eigenvalue weighted by atomic mass is 9.84. The molecule has 1 heterocycles.